The zero-order valence-corrected chi connectivity index (χ0v) is 12.3. The molecule has 1 aromatic heterocycles. The van der Waals surface area contributed by atoms with Gasteiger partial charge in [0.15, 0.2) is 0 Å². The highest BCUT2D eigenvalue weighted by Gasteiger charge is 2.16. The molecule has 0 bridgehead atoms. The van der Waals surface area contributed by atoms with Crippen molar-refractivity contribution in [3.8, 4) is 0 Å². The summed E-state index contributed by atoms with van der Waals surface area (Å²) in [5, 5.41) is 7.94. The Bertz CT molecular complexity index is 528. The van der Waals surface area contributed by atoms with Crippen molar-refractivity contribution in [1.82, 2.24) is 15.1 Å². The van der Waals surface area contributed by atoms with Crippen LogP contribution in [-0.4, -0.2) is 23.4 Å². The maximum atomic E-state index is 4.70. The fourth-order valence-corrected chi connectivity index (χ4v) is 2.74. The summed E-state index contributed by atoms with van der Waals surface area (Å²) in [4.78, 5) is 0. The Morgan fingerprint density at radius 2 is 1.89 bits per heavy atom. The predicted molar refractivity (Wildman–Crippen MR) is 79.6 cm³/mol. The monoisotopic (exact) mass is 257 g/mol. The van der Waals surface area contributed by atoms with Gasteiger partial charge in [0.25, 0.3) is 0 Å². The number of aryl methyl sites for hydroxylation is 1. The predicted octanol–water partition coefficient (Wildman–Crippen LogP) is 2.87. The van der Waals surface area contributed by atoms with Crippen LogP contribution < -0.4 is 5.32 Å². The number of aromatic nitrogens is 2. The van der Waals surface area contributed by atoms with Crippen LogP contribution in [-0.2, 0) is 6.54 Å². The number of rotatable bonds is 5. The number of benzene rings is 1. The van der Waals surface area contributed by atoms with Crippen molar-refractivity contribution in [2.75, 3.05) is 13.6 Å². The fourth-order valence-electron chi connectivity index (χ4n) is 2.74. The maximum Gasteiger partial charge on any atom is 0.0662 e. The van der Waals surface area contributed by atoms with Gasteiger partial charge in [-0.2, -0.15) is 5.10 Å². The third-order valence-corrected chi connectivity index (χ3v) is 3.62. The molecule has 3 nitrogen and oxygen atoms in total. The highest BCUT2D eigenvalue weighted by molar-refractivity contribution is 5.29. The summed E-state index contributed by atoms with van der Waals surface area (Å²) < 4.78 is 2.12. The van der Waals surface area contributed by atoms with E-state index in [-0.39, 0.29) is 0 Å². The van der Waals surface area contributed by atoms with Crippen LogP contribution >= 0.6 is 0 Å². The summed E-state index contributed by atoms with van der Waals surface area (Å²) in [6, 6.07) is 10.5. The van der Waals surface area contributed by atoms with Gasteiger partial charge in [-0.05, 0) is 32.4 Å². The first kappa shape index (κ1) is 13.8. The lowest BCUT2D eigenvalue weighted by molar-refractivity contribution is 0.647. The summed E-state index contributed by atoms with van der Waals surface area (Å²) in [5.41, 5.74) is 5.10. The van der Waals surface area contributed by atoms with Gasteiger partial charge in [0.1, 0.15) is 0 Å². The molecule has 2 rings (SSSR count). The van der Waals surface area contributed by atoms with E-state index in [1.165, 1.54) is 16.8 Å². The SMILES string of the molecule is CNCC(C)c1c(C)nn(Cc2ccccc2)c1C. The number of hydrogen-bond acceptors (Lipinski definition) is 2. The summed E-state index contributed by atoms with van der Waals surface area (Å²) in [5.74, 6) is 0.495. The highest BCUT2D eigenvalue weighted by atomic mass is 15.3. The Balaban J connectivity index is 2.26. The first-order valence-electron chi connectivity index (χ1n) is 6.86. The molecule has 0 saturated carbocycles. The van der Waals surface area contributed by atoms with Gasteiger partial charge in [0, 0.05) is 17.8 Å². The first-order chi connectivity index (χ1) is 9.13. The van der Waals surface area contributed by atoms with Gasteiger partial charge in [-0.15, -0.1) is 0 Å². The van der Waals surface area contributed by atoms with Gasteiger partial charge >= 0.3 is 0 Å². The molecule has 0 spiro atoms. The van der Waals surface area contributed by atoms with Crippen LogP contribution in [0.4, 0.5) is 0 Å². The second-order valence-electron chi connectivity index (χ2n) is 5.19. The molecule has 1 aromatic carbocycles. The number of hydrogen-bond donors (Lipinski definition) is 1. The Morgan fingerprint density at radius 1 is 1.21 bits per heavy atom. The second kappa shape index (κ2) is 6.02. The van der Waals surface area contributed by atoms with Gasteiger partial charge in [-0.3, -0.25) is 4.68 Å². The molecule has 102 valence electrons. The number of likely N-dealkylation sites (N-methyl/N-ethyl adjacent to an activating group) is 1. The van der Waals surface area contributed by atoms with E-state index in [4.69, 9.17) is 5.10 Å². The van der Waals surface area contributed by atoms with Gasteiger partial charge in [0.2, 0.25) is 0 Å². The van der Waals surface area contributed by atoms with Crippen LogP contribution in [0.2, 0.25) is 0 Å². The standard InChI is InChI=1S/C16H23N3/c1-12(10-17-4)16-13(2)18-19(14(16)3)11-15-8-6-5-7-9-15/h5-9,12,17H,10-11H2,1-4H3. The van der Waals surface area contributed by atoms with E-state index in [0.29, 0.717) is 5.92 Å². The van der Waals surface area contributed by atoms with Gasteiger partial charge < -0.3 is 5.32 Å². The fraction of sp³-hybridized carbons (Fsp3) is 0.438. The van der Waals surface area contributed by atoms with Crippen LogP contribution in [0.1, 0.15) is 35.4 Å². The molecule has 0 aliphatic rings. The normalized spacial score (nSPS) is 12.6. The van der Waals surface area contributed by atoms with Crippen molar-refractivity contribution < 1.29 is 0 Å². The third-order valence-electron chi connectivity index (χ3n) is 3.62. The molecule has 19 heavy (non-hydrogen) atoms. The molecule has 1 atom stereocenters. The van der Waals surface area contributed by atoms with Crippen molar-refractivity contribution in [3.63, 3.8) is 0 Å². The molecule has 0 fully saturated rings. The Morgan fingerprint density at radius 3 is 2.53 bits per heavy atom. The van der Waals surface area contributed by atoms with E-state index >= 15 is 0 Å². The van der Waals surface area contributed by atoms with Gasteiger partial charge in [-0.25, -0.2) is 0 Å². The first-order valence-corrected chi connectivity index (χ1v) is 6.86. The van der Waals surface area contributed by atoms with Gasteiger partial charge in [-0.1, -0.05) is 37.3 Å². The van der Waals surface area contributed by atoms with E-state index in [9.17, 15) is 0 Å². The molecule has 0 aliphatic carbocycles. The van der Waals surface area contributed by atoms with Crippen LogP contribution in [0.3, 0.4) is 0 Å². The Hall–Kier alpha value is -1.61. The van der Waals surface area contributed by atoms with Crippen molar-refractivity contribution in [2.24, 2.45) is 0 Å². The van der Waals surface area contributed by atoms with Crippen molar-refractivity contribution >= 4 is 0 Å². The average Bonchev–Trinajstić information content (AvgIpc) is 2.66. The molecule has 1 unspecified atom stereocenters. The van der Waals surface area contributed by atoms with E-state index in [2.05, 4.69) is 55.0 Å². The lowest BCUT2D eigenvalue weighted by atomic mass is 9.99. The molecule has 0 amide bonds. The lowest BCUT2D eigenvalue weighted by Crippen LogP contribution is -2.16. The Labute approximate surface area is 115 Å². The highest BCUT2D eigenvalue weighted by Crippen LogP contribution is 2.23. The average molecular weight is 257 g/mol. The summed E-state index contributed by atoms with van der Waals surface area (Å²) in [6.45, 7) is 8.36. The maximum absolute atomic E-state index is 4.70. The minimum atomic E-state index is 0.495. The zero-order valence-electron chi connectivity index (χ0n) is 12.3. The third kappa shape index (κ3) is 3.04. The number of nitrogens with one attached hydrogen (secondary N) is 1. The zero-order chi connectivity index (χ0) is 13.8. The van der Waals surface area contributed by atoms with E-state index in [1.54, 1.807) is 0 Å². The summed E-state index contributed by atoms with van der Waals surface area (Å²) in [7, 11) is 2.00. The minimum absolute atomic E-state index is 0.495. The largest absolute Gasteiger partial charge is 0.319 e. The minimum Gasteiger partial charge on any atom is -0.319 e. The molecular formula is C16H23N3. The summed E-state index contributed by atoms with van der Waals surface area (Å²) >= 11 is 0. The quantitative estimate of drug-likeness (QED) is 0.892. The topological polar surface area (TPSA) is 29.9 Å². The number of nitrogens with zero attached hydrogens (tertiary/aromatic N) is 2. The van der Waals surface area contributed by atoms with Crippen LogP contribution in [0.25, 0.3) is 0 Å². The van der Waals surface area contributed by atoms with E-state index in [1.807, 2.05) is 13.1 Å². The van der Waals surface area contributed by atoms with Crippen molar-refractivity contribution in [2.45, 2.75) is 33.2 Å². The lowest BCUT2D eigenvalue weighted by Gasteiger charge is -2.12. The molecule has 0 aliphatic heterocycles. The van der Waals surface area contributed by atoms with Crippen LogP contribution in [0, 0.1) is 13.8 Å². The molecular weight excluding hydrogens is 234 g/mol. The van der Waals surface area contributed by atoms with Crippen LogP contribution in [0.5, 0.6) is 0 Å². The van der Waals surface area contributed by atoms with Gasteiger partial charge in [0.05, 0.1) is 12.2 Å². The van der Waals surface area contributed by atoms with Crippen molar-refractivity contribution in [3.05, 3.63) is 52.8 Å². The van der Waals surface area contributed by atoms with Crippen LogP contribution in [0.15, 0.2) is 30.3 Å². The smallest absolute Gasteiger partial charge is 0.0662 e. The molecule has 3 heteroatoms. The molecule has 1 N–H and O–H groups in total. The molecule has 1 heterocycles. The van der Waals surface area contributed by atoms with E-state index in [0.717, 1.165) is 18.8 Å². The molecule has 0 radical (unpaired) electrons. The summed E-state index contributed by atoms with van der Waals surface area (Å²) in [6.07, 6.45) is 0. The second-order valence-corrected chi connectivity index (χ2v) is 5.19. The Kier molecular flexibility index (Phi) is 4.38. The van der Waals surface area contributed by atoms with E-state index < -0.39 is 0 Å². The molecule has 0 saturated heterocycles. The molecule has 2 aromatic rings. The van der Waals surface area contributed by atoms with Crippen molar-refractivity contribution in [1.29, 1.82) is 0 Å².